The zero-order valence-corrected chi connectivity index (χ0v) is 16.5. The molecule has 134 valence electrons. The third-order valence-electron chi connectivity index (χ3n) is 4.31. The van der Waals surface area contributed by atoms with E-state index in [0.717, 1.165) is 23.3 Å². The predicted molar refractivity (Wildman–Crippen MR) is 103 cm³/mol. The zero-order chi connectivity index (χ0) is 18.5. The van der Waals surface area contributed by atoms with Crippen LogP contribution in [0.5, 0.6) is 5.75 Å². The average molecular weight is 414 g/mol. The Morgan fingerprint density at radius 2 is 1.85 bits per heavy atom. The van der Waals surface area contributed by atoms with E-state index in [1.807, 2.05) is 61.5 Å². The molecule has 1 aliphatic heterocycles. The normalized spacial score (nSPS) is 17.2. The molecule has 2 aromatic carbocycles. The van der Waals surface area contributed by atoms with Gasteiger partial charge in [-0.2, -0.15) is 0 Å². The first-order chi connectivity index (χ1) is 12.6. The summed E-state index contributed by atoms with van der Waals surface area (Å²) in [6, 6.07) is 17.6. The average Bonchev–Trinajstić information content (AvgIpc) is 2.66. The van der Waals surface area contributed by atoms with Crippen molar-refractivity contribution in [2.24, 2.45) is 0 Å². The van der Waals surface area contributed by atoms with Crippen LogP contribution >= 0.6 is 0 Å². The van der Waals surface area contributed by atoms with Crippen LogP contribution in [0, 0.1) is 5.41 Å². The Bertz CT molecular complexity index is 828. The molecule has 0 amide bonds. The van der Waals surface area contributed by atoms with Crippen molar-refractivity contribution in [3.05, 3.63) is 76.9 Å². The molecule has 1 heterocycles. The summed E-state index contributed by atoms with van der Waals surface area (Å²) in [6.07, 6.45) is 0.782. The van der Waals surface area contributed by atoms with E-state index in [2.05, 4.69) is 0 Å². The van der Waals surface area contributed by atoms with Crippen LogP contribution in [0.15, 0.2) is 65.7 Å². The number of rotatable bonds is 5. The number of nitrogens with one attached hydrogen (secondary N) is 1. The van der Waals surface area contributed by atoms with Gasteiger partial charge in [-0.3, -0.25) is 0 Å². The Labute approximate surface area is 159 Å². The number of hydrogen-bond donors (Lipinski definition) is 1. The van der Waals surface area contributed by atoms with Gasteiger partial charge < -0.3 is 0 Å². The number of allylic oxidation sites excluding steroid dienone is 1. The maximum atomic E-state index is 12.5. The van der Waals surface area contributed by atoms with Gasteiger partial charge in [0.1, 0.15) is 0 Å². The predicted octanol–water partition coefficient (Wildman–Crippen LogP) is 3.88. The standard InChI is InChI=1S/C21H21NO3Se/c1-14-12-18(16-8-10-17(24-2)11-9-16)26-20(22)19(14)21(23)25-13-15-6-4-3-5-7-15/h3-11,18,22H,12-13H2,1-2H3. The summed E-state index contributed by atoms with van der Waals surface area (Å²) in [6.45, 7) is 2.16. The van der Waals surface area contributed by atoms with Crippen LogP contribution in [-0.2, 0) is 16.1 Å². The minimum absolute atomic E-state index is 0.102. The van der Waals surface area contributed by atoms with E-state index in [1.165, 1.54) is 5.56 Å². The second-order valence-corrected chi connectivity index (χ2v) is 8.67. The molecular formula is C21H21NO3Se. The van der Waals surface area contributed by atoms with E-state index < -0.39 is 0 Å². The summed E-state index contributed by atoms with van der Waals surface area (Å²) < 4.78 is 11.1. The molecular weight excluding hydrogens is 393 g/mol. The molecule has 0 bridgehead atoms. The van der Waals surface area contributed by atoms with Crippen molar-refractivity contribution in [2.75, 3.05) is 7.11 Å². The molecule has 3 rings (SSSR count). The Morgan fingerprint density at radius 1 is 1.15 bits per heavy atom. The summed E-state index contributed by atoms with van der Waals surface area (Å²) >= 11 is -0.102. The zero-order valence-electron chi connectivity index (χ0n) is 14.8. The molecule has 1 N–H and O–H groups in total. The summed E-state index contributed by atoms with van der Waals surface area (Å²) in [5, 5.41) is 8.39. The van der Waals surface area contributed by atoms with Crippen molar-refractivity contribution in [3.8, 4) is 5.75 Å². The van der Waals surface area contributed by atoms with Gasteiger partial charge in [-0.05, 0) is 0 Å². The van der Waals surface area contributed by atoms with Crippen molar-refractivity contribution in [2.45, 2.75) is 24.8 Å². The Kier molecular flexibility index (Phi) is 5.92. The van der Waals surface area contributed by atoms with Crippen LogP contribution in [0.2, 0.25) is 0 Å². The number of carbonyl (C=O) groups is 1. The number of methoxy groups -OCH3 is 1. The number of esters is 1. The fourth-order valence-corrected chi connectivity index (χ4v) is 5.58. The van der Waals surface area contributed by atoms with Crippen molar-refractivity contribution < 1.29 is 14.3 Å². The van der Waals surface area contributed by atoms with E-state index in [-0.39, 0.29) is 32.3 Å². The molecule has 0 radical (unpaired) electrons. The SMILES string of the molecule is COc1ccc(C2CC(C)=C(C(=O)OCc3ccccc3)C(=N)[Se]2)cc1. The Balaban J connectivity index is 1.70. The summed E-state index contributed by atoms with van der Waals surface area (Å²) in [4.78, 5) is 12.8. The quantitative estimate of drug-likeness (QED) is 0.597. The molecule has 0 fully saturated rings. The number of benzene rings is 2. The number of carbonyl (C=O) groups excluding carboxylic acids is 1. The fourth-order valence-electron chi connectivity index (χ4n) is 2.88. The van der Waals surface area contributed by atoms with Crippen molar-refractivity contribution in [1.82, 2.24) is 0 Å². The van der Waals surface area contributed by atoms with Gasteiger partial charge in [-0.1, -0.05) is 0 Å². The van der Waals surface area contributed by atoms with Crippen LogP contribution < -0.4 is 4.74 Å². The third kappa shape index (κ3) is 4.24. The molecule has 26 heavy (non-hydrogen) atoms. The fraction of sp³-hybridized carbons (Fsp3) is 0.238. The second-order valence-electron chi connectivity index (χ2n) is 6.13. The van der Waals surface area contributed by atoms with Crippen molar-refractivity contribution in [3.63, 3.8) is 0 Å². The molecule has 1 atom stereocenters. The van der Waals surface area contributed by atoms with Crippen LogP contribution in [-0.4, -0.2) is 32.6 Å². The first-order valence-electron chi connectivity index (χ1n) is 8.39. The first-order valence-corrected chi connectivity index (χ1v) is 10.2. The van der Waals surface area contributed by atoms with Crippen LogP contribution in [0.25, 0.3) is 0 Å². The minimum atomic E-state index is -0.383. The number of ether oxygens (including phenoxy) is 2. The van der Waals surface area contributed by atoms with Gasteiger partial charge in [0, 0.05) is 0 Å². The molecule has 0 aliphatic carbocycles. The third-order valence-corrected chi connectivity index (χ3v) is 6.75. The summed E-state index contributed by atoms with van der Waals surface area (Å²) in [5.74, 6) is 0.441. The first kappa shape index (κ1) is 18.4. The molecule has 1 unspecified atom stereocenters. The van der Waals surface area contributed by atoms with E-state index in [9.17, 15) is 4.79 Å². The topological polar surface area (TPSA) is 59.4 Å². The van der Waals surface area contributed by atoms with Crippen LogP contribution in [0.4, 0.5) is 0 Å². The second kappa shape index (κ2) is 8.35. The molecule has 0 aromatic heterocycles. The molecule has 0 saturated heterocycles. The van der Waals surface area contributed by atoms with Crippen LogP contribution in [0.3, 0.4) is 0 Å². The molecule has 4 nitrogen and oxygen atoms in total. The molecule has 1 aliphatic rings. The molecule has 5 heteroatoms. The van der Waals surface area contributed by atoms with Gasteiger partial charge in [-0.15, -0.1) is 0 Å². The van der Waals surface area contributed by atoms with Gasteiger partial charge in [0.05, 0.1) is 0 Å². The molecule has 0 saturated carbocycles. The van der Waals surface area contributed by atoms with Gasteiger partial charge in [-0.25, -0.2) is 0 Å². The summed E-state index contributed by atoms with van der Waals surface area (Å²) in [7, 11) is 1.65. The van der Waals surface area contributed by atoms with Gasteiger partial charge >= 0.3 is 160 Å². The maximum absolute atomic E-state index is 12.5. The molecule has 0 spiro atoms. The monoisotopic (exact) mass is 415 g/mol. The Morgan fingerprint density at radius 3 is 2.46 bits per heavy atom. The van der Waals surface area contributed by atoms with E-state index in [4.69, 9.17) is 14.9 Å². The van der Waals surface area contributed by atoms with E-state index in [0.29, 0.717) is 10.2 Å². The van der Waals surface area contributed by atoms with Crippen molar-refractivity contribution >= 4 is 25.5 Å². The van der Waals surface area contributed by atoms with E-state index in [1.54, 1.807) is 7.11 Å². The van der Waals surface area contributed by atoms with Gasteiger partial charge in [0.25, 0.3) is 0 Å². The van der Waals surface area contributed by atoms with Crippen LogP contribution in [0.1, 0.15) is 29.3 Å². The van der Waals surface area contributed by atoms with E-state index >= 15 is 0 Å². The summed E-state index contributed by atoms with van der Waals surface area (Å²) in [5.41, 5.74) is 3.53. The number of hydrogen-bond acceptors (Lipinski definition) is 4. The van der Waals surface area contributed by atoms with Gasteiger partial charge in [0.2, 0.25) is 0 Å². The van der Waals surface area contributed by atoms with Crippen molar-refractivity contribution in [1.29, 1.82) is 5.41 Å². The Hall–Kier alpha value is -2.36. The molecule has 2 aromatic rings. The van der Waals surface area contributed by atoms with Gasteiger partial charge in [0.15, 0.2) is 0 Å².